The molecule has 0 spiro atoms. The first-order chi connectivity index (χ1) is 8.46. The van der Waals surface area contributed by atoms with E-state index < -0.39 is 17.4 Å². The van der Waals surface area contributed by atoms with Crippen LogP contribution in [0.3, 0.4) is 0 Å². The third-order valence-electron chi connectivity index (χ3n) is 2.90. The van der Waals surface area contributed by atoms with Crippen LogP contribution < -0.4 is 0 Å². The number of aldehydes is 1. The Hall–Kier alpha value is -2.01. The van der Waals surface area contributed by atoms with E-state index in [1.54, 1.807) is 24.3 Å². The standard InChI is InChI=1S/C13H13NO4/c1-13(18,6-7-15)8-14-11(16)9-4-2-3-5-10(9)12(14)17/h2-5,7,18H,6,8H2,1H3. The van der Waals surface area contributed by atoms with Crippen molar-refractivity contribution in [3.05, 3.63) is 35.4 Å². The second-order valence-corrected chi connectivity index (χ2v) is 4.61. The third-order valence-corrected chi connectivity index (χ3v) is 2.90. The van der Waals surface area contributed by atoms with E-state index in [0.29, 0.717) is 17.4 Å². The number of rotatable bonds is 4. The van der Waals surface area contributed by atoms with Gasteiger partial charge >= 0.3 is 0 Å². The summed E-state index contributed by atoms with van der Waals surface area (Å²) in [6.07, 6.45) is 0.443. The lowest BCUT2D eigenvalue weighted by Crippen LogP contribution is -2.43. The van der Waals surface area contributed by atoms with Gasteiger partial charge < -0.3 is 9.90 Å². The van der Waals surface area contributed by atoms with Crippen LogP contribution in [0.2, 0.25) is 0 Å². The molecule has 0 aliphatic carbocycles. The number of hydrogen-bond acceptors (Lipinski definition) is 4. The first-order valence-electron chi connectivity index (χ1n) is 5.57. The number of nitrogens with zero attached hydrogens (tertiary/aromatic N) is 1. The van der Waals surface area contributed by atoms with Gasteiger partial charge in [0, 0.05) is 6.42 Å². The smallest absolute Gasteiger partial charge is 0.261 e. The molecule has 94 valence electrons. The Bertz CT molecular complexity index is 486. The first-order valence-corrected chi connectivity index (χ1v) is 5.57. The number of imide groups is 1. The molecular weight excluding hydrogens is 234 g/mol. The molecule has 1 N–H and O–H groups in total. The molecule has 1 aliphatic heterocycles. The Balaban J connectivity index is 2.26. The highest BCUT2D eigenvalue weighted by atomic mass is 16.3. The summed E-state index contributed by atoms with van der Waals surface area (Å²) < 4.78 is 0. The normalized spacial score (nSPS) is 17.6. The van der Waals surface area contributed by atoms with Crippen molar-refractivity contribution in [3.63, 3.8) is 0 Å². The van der Waals surface area contributed by atoms with Gasteiger partial charge in [-0.25, -0.2) is 0 Å². The van der Waals surface area contributed by atoms with Gasteiger partial charge in [0.15, 0.2) is 0 Å². The molecule has 1 aromatic rings. The van der Waals surface area contributed by atoms with Gasteiger partial charge in [-0.3, -0.25) is 14.5 Å². The van der Waals surface area contributed by atoms with Crippen LogP contribution in [0.25, 0.3) is 0 Å². The zero-order valence-corrected chi connectivity index (χ0v) is 9.92. The van der Waals surface area contributed by atoms with Crippen LogP contribution in [0.4, 0.5) is 0 Å². The highest BCUT2D eigenvalue weighted by Crippen LogP contribution is 2.24. The van der Waals surface area contributed by atoms with Crippen molar-refractivity contribution in [3.8, 4) is 0 Å². The fraction of sp³-hybridized carbons (Fsp3) is 0.308. The van der Waals surface area contributed by atoms with E-state index in [0.717, 1.165) is 4.90 Å². The van der Waals surface area contributed by atoms with Crippen molar-refractivity contribution in [2.75, 3.05) is 6.54 Å². The average Bonchev–Trinajstić information content (AvgIpc) is 2.55. The van der Waals surface area contributed by atoms with Gasteiger partial charge in [0.1, 0.15) is 6.29 Å². The molecule has 1 aliphatic rings. The maximum atomic E-state index is 12.0. The zero-order valence-electron chi connectivity index (χ0n) is 9.92. The maximum Gasteiger partial charge on any atom is 0.261 e. The van der Waals surface area contributed by atoms with Gasteiger partial charge in [-0.2, -0.15) is 0 Å². The van der Waals surface area contributed by atoms with Crippen LogP contribution in [-0.2, 0) is 4.79 Å². The molecule has 2 rings (SSSR count). The number of aliphatic hydroxyl groups is 1. The highest BCUT2D eigenvalue weighted by molar-refractivity contribution is 6.21. The van der Waals surface area contributed by atoms with Crippen LogP contribution in [0.5, 0.6) is 0 Å². The van der Waals surface area contributed by atoms with Gasteiger partial charge in [0.2, 0.25) is 0 Å². The summed E-state index contributed by atoms with van der Waals surface area (Å²) in [6.45, 7) is 1.24. The lowest BCUT2D eigenvalue weighted by molar-refractivity contribution is -0.112. The van der Waals surface area contributed by atoms with Crippen molar-refractivity contribution < 1.29 is 19.5 Å². The lowest BCUT2D eigenvalue weighted by atomic mass is 10.0. The van der Waals surface area contributed by atoms with Gasteiger partial charge in [-0.05, 0) is 19.1 Å². The number of benzene rings is 1. The lowest BCUT2D eigenvalue weighted by Gasteiger charge is -2.25. The van der Waals surface area contributed by atoms with Crippen molar-refractivity contribution in [1.82, 2.24) is 4.90 Å². The summed E-state index contributed by atoms with van der Waals surface area (Å²) in [7, 11) is 0. The summed E-state index contributed by atoms with van der Waals surface area (Å²) in [5.74, 6) is -0.858. The molecule has 1 aromatic carbocycles. The molecule has 1 heterocycles. The Morgan fingerprint density at radius 2 is 1.72 bits per heavy atom. The predicted octanol–water partition coefficient (Wildman–Crippen LogP) is 0.623. The van der Waals surface area contributed by atoms with E-state index >= 15 is 0 Å². The molecule has 0 saturated carbocycles. The van der Waals surface area contributed by atoms with E-state index in [1.165, 1.54) is 6.92 Å². The van der Waals surface area contributed by atoms with E-state index in [2.05, 4.69) is 0 Å². The molecule has 18 heavy (non-hydrogen) atoms. The highest BCUT2D eigenvalue weighted by Gasteiger charge is 2.38. The number of carbonyl (C=O) groups excluding carboxylic acids is 3. The van der Waals surface area contributed by atoms with E-state index in [4.69, 9.17) is 0 Å². The van der Waals surface area contributed by atoms with Gasteiger partial charge in [0.25, 0.3) is 11.8 Å². The Morgan fingerprint density at radius 3 is 2.17 bits per heavy atom. The second-order valence-electron chi connectivity index (χ2n) is 4.61. The van der Waals surface area contributed by atoms with E-state index in [-0.39, 0.29) is 13.0 Å². The maximum absolute atomic E-state index is 12.0. The third kappa shape index (κ3) is 2.04. The second kappa shape index (κ2) is 4.34. The molecule has 0 saturated heterocycles. The number of hydrogen-bond donors (Lipinski definition) is 1. The van der Waals surface area contributed by atoms with E-state index in [1.807, 2.05) is 0 Å². The molecule has 0 aromatic heterocycles. The topological polar surface area (TPSA) is 74.7 Å². The Kier molecular flexibility index (Phi) is 3.00. The minimum absolute atomic E-state index is 0.125. The summed E-state index contributed by atoms with van der Waals surface area (Å²) in [5.41, 5.74) is -0.719. The number of fused-ring (bicyclic) bond motifs is 1. The summed E-state index contributed by atoms with van der Waals surface area (Å²) in [5, 5.41) is 9.91. The van der Waals surface area contributed by atoms with Crippen LogP contribution in [0.15, 0.2) is 24.3 Å². The molecule has 1 atom stereocenters. The van der Waals surface area contributed by atoms with Crippen LogP contribution in [0.1, 0.15) is 34.1 Å². The van der Waals surface area contributed by atoms with Crippen molar-refractivity contribution in [1.29, 1.82) is 0 Å². The van der Waals surface area contributed by atoms with Gasteiger partial charge in [-0.15, -0.1) is 0 Å². The van der Waals surface area contributed by atoms with E-state index in [9.17, 15) is 19.5 Å². The Labute approximate surface area is 104 Å². The van der Waals surface area contributed by atoms with Gasteiger partial charge in [0.05, 0.1) is 23.3 Å². The van der Waals surface area contributed by atoms with Crippen molar-refractivity contribution in [2.45, 2.75) is 18.9 Å². The summed E-state index contributed by atoms with van der Waals surface area (Å²) in [6, 6.07) is 6.50. The predicted molar refractivity (Wildman–Crippen MR) is 63.1 cm³/mol. The van der Waals surface area contributed by atoms with Gasteiger partial charge in [-0.1, -0.05) is 12.1 Å². The molecule has 2 amide bonds. The van der Waals surface area contributed by atoms with Crippen molar-refractivity contribution in [2.24, 2.45) is 0 Å². The molecule has 0 bridgehead atoms. The molecule has 0 fully saturated rings. The largest absolute Gasteiger partial charge is 0.388 e. The quantitative estimate of drug-likeness (QED) is 0.625. The number of β-amino-alcohol motifs (C(OH)–C–C–N with tert-alkyl or cyclic N) is 1. The molecular formula is C13H13NO4. The van der Waals surface area contributed by atoms with Crippen LogP contribution >= 0.6 is 0 Å². The molecule has 5 heteroatoms. The minimum Gasteiger partial charge on any atom is -0.388 e. The fourth-order valence-corrected chi connectivity index (χ4v) is 1.97. The molecule has 1 unspecified atom stereocenters. The SMILES string of the molecule is CC(O)(CC=O)CN1C(=O)c2ccccc2C1=O. The monoisotopic (exact) mass is 247 g/mol. The Morgan fingerprint density at radius 1 is 1.22 bits per heavy atom. The average molecular weight is 247 g/mol. The zero-order chi connectivity index (χ0) is 13.3. The minimum atomic E-state index is -1.39. The number of carbonyl (C=O) groups is 3. The molecule has 5 nitrogen and oxygen atoms in total. The first kappa shape index (κ1) is 12.4. The van der Waals surface area contributed by atoms with Crippen molar-refractivity contribution >= 4 is 18.1 Å². The number of amides is 2. The van der Waals surface area contributed by atoms with Crippen LogP contribution in [0, 0.1) is 0 Å². The molecule has 0 radical (unpaired) electrons. The summed E-state index contributed by atoms with van der Waals surface area (Å²) in [4.78, 5) is 35.4. The fourth-order valence-electron chi connectivity index (χ4n) is 1.97. The van der Waals surface area contributed by atoms with Crippen LogP contribution in [-0.4, -0.2) is 40.3 Å². The summed E-state index contributed by atoms with van der Waals surface area (Å²) >= 11 is 0.